The van der Waals surface area contributed by atoms with Gasteiger partial charge in [0.2, 0.25) is 0 Å². The summed E-state index contributed by atoms with van der Waals surface area (Å²) in [6.45, 7) is 0. The molecule has 0 saturated heterocycles. The lowest BCUT2D eigenvalue weighted by Gasteiger charge is -2.09. The molecular weight excluding hydrogens is 248 g/mol. The Morgan fingerprint density at radius 2 is 1.79 bits per heavy atom. The zero-order valence-corrected chi connectivity index (χ0v) is 10.9. The van der Waals surface area contributed by atoms with Crippen molar-refractivity contribution in [3.63, 3.8) is 0 Å². The molecule has 0 atom stereocenters. The first-order valence-electron chi connectivity index (χ1n) is 5.55. The van der Waals surface area contributed by atoms with Crippen molar-refractivity contribution < 1.29 is 19.4 Å². The predicted octanol–water partition coefficient (Wildman–Crippen LogP) is 1.80. The van der Waals surface area contributed by atoms with E-state index in [2.05, 4.69) is 5.10 Å². The number of aryl methyl sites for hydroxylation is 1. The Morgan fingerprint density at radius 1 is 1.21 bits per heavy atom. The van der Waals surface area contributed by atoms with E-state index in [4.69, 9.17) is 9.47 Å². The highest BCUT2D eigenvalue weighted by Crippen LogP contribution is 2.31. The molecule has 0 radical (unpaired) electrons. The second-order valence-electron chi connectivity index (χ2n) is 3.94. The fourth-order valence-electron chi connectivity index (χ4n) is 1.88. The maximum atomic E-state index is 11.2. The molecule has 0 spiro atoms. The van der Waals surface area contributed by atoms with Crippen molar-refractivity contribution in [2.24, 2.45) is 7.05 Å². The maximum absolute atomic E-state index is 11.2. The van der Waals surface area contributed by atoms with Crippen molar-refractivity contribution in [1.29, 1.82) is 0 Å². The van der Waals surface area contributed by atoms with E-state index in [0.29, 0.717) is 22.8 Å². The monoisotopic (exact) mass is 262 g/mol. The summed E-state index contributed by atoms with van der Waals surface area (Å²) in [5.74, 6) is 0.156. The number of nitrogens with zero attached hydrogens (tertiary/aromatic N) is 2. The van der Waals surface area contributed by atoms with Crippen LogP contribution in [0.15, 0.2) is 24.4 Å². The van der Waals surface area contributed by atoms with E-state index < -0.39 is 5.97 Å². The van der Waals surface area contributed by atoms with Gasteiger partial charge in [-0.25, -0.2) is 4.79 Å². The number of aromatic carboxylic acids is 1. The number of hydrogen-bond acceptors (Lipinski definition) is 4. The molecular formula is C13H14N2O4. The van der Waals surface area contributed by atoms with Gasteiger partial charge in [0.25, 0.3) is 0 Å². The lowest BCUT2D eigenvalue weighted by atomic mass is 10.1. The molecule has 0 amide bonds. The van der Waals surface area contributed by atoms with Crippen LogP contribution in [-0.2, 0) is 7.05 Å². The predicted molar refractivity (Wildman–Crippen MR) is 68.7 cm³/mol. The van der Waals surface area contributed by atoms with Gasteiger partial charge in [-0.15, -0.1) is 0 Å². The summed E-state index contributed by atoms with van der Waals surface area (Å²) >= 11 is 0. The zero-order valence-electron chi connectivity index (χ0n) is 10.9. The molecule has 1 heterocycles. The number of aromatic nitrogens is 2. The molecule has 0 unspecified atom stereocenters. The largest absolute Gasteiger partial charge is 0.497 e. The number of hydrogen-bond donors (Lipinski definition) is 1. The molecule has 0 aliphatic rings. The van der Waals surface area contributed by atoms with Crippen LogP contribution in [0.25, 0.3) is 11.3 Å². The van der Waals surface area contributed by atoms with Gasteiger partial charge in [0.05, 0.1) is 26.1 Å². The Labute approximate surface area is 110 Å². The van der Waals surface area contributed by atoms with Crippen LogP contribution >= 0.6 is 0 Å². The fraction of sp³-hybridized carbons (Fsp3) is 0.231. The molecule has 100 valence electrons. The van der Waals surface area contributed by atoms with Gasteiger partial charge in [-0.3, -0.25) is 4.68 Å². The quantitative estimate of drug-likeness (QED) is 0.909. The highest BCUT2D eigenvalue weighted by atomic mass is 16.5. The third kappa shape index (κ3) is 2.37. The van der Waals surface area contributed by atoms with Crippen LogP contribution < -0.4 is 9.47 Å². The van der Waals surface area contributed by atoms with Gasteiger partial charge >= 0.3 is 5.97 Å². The average Bonchev–Trinajstić information content (AvgIpc) is 2.80. The number of carbonyl (C=O) groups is 1. The fourth-order valence-corrected chi connectivity index (χ4v) is 1.88. The standard InChI is InChI=1S/C13H14N2O4/c1-15-12(11(7-14-15)13(16)17)8-4-9(18-2)6-10(5-8)19-3/h4-7H,1-3H3,(H,16,17). The van der Waals surface area contributed by atoms with E-state index in [0.717, 1.165) is 0 Å². The molecule has 19 heavy (non-hydrogen) atoms. The molecule has 6 heteroatoms. The van der Waals surface area contributed by atoms with Crippen LogP contribution in [0.3, 0.4) is 0 Å². The summed E-state index contributed by atoms with van der Waals surface area (Å²) in [4.78, 5) is 11.2. The minimum absolute atomic E-state index is 0.137. The minimum atomic E-state index is -1.02. The van der Waals surface area contributed by atoms with Crippen molar-refractivity contribution in [1.82, 2.24) is 9.78 Å². The van der Waals surface area contributed by atoms with Gasteiger partial charge < -0.3 is 14.6 Å². The third-order valence-corrected chi connectivity index (χ3v) is 2.79. The Bertz CT molecular complexity index is 597. The molecule has 1 aromatic carbocycles. The summed E-state index contributed by atoms with van der Waals surface area (Å²) in [5, 5.41) is 13.2. The number of benzene rings is 1. The van der Waals surface area contributed by atoms with E-state index in [1.807, 2.05) is 0 Å². The SMILES string of the molecule is COc1cc(OC)cc(-c2c(C(=O)O)cnn2C)c1. The summed E-state index contributed by atoms with van der Waals surface area (Å²) in [5.41, 5.74) is 1.32. The topological polar surface area (TPSA) is 73.6 Å². The highest BCUT2D eigenvalue weighted by molar-refractivity contribution is 5.95. The summed E-state index contributed by atoms with van der Waals surface area (Å²) in [7, 11) is 4.77. The van der Waals surface area contributed by atoms with Crippen molar-refractivity contribution in [2.75, 3.05) is 14.2 Å². The van der Waals surface area contributed by atoms with Gasteiger partial charge in [0.1, 0.15) is 17.1 Å². The normalized spacial score (nSPS) is 10.3. The van der Waals surface area contributed by atoms with E-state index in [1.165, 1.54) is 10.9 Å². The molecule has 6 nitrogen and oxygen atoms in total. The number of carboxylic acids is 1. The summed E-state index contributed by atoms with van der Waals surface area (Å²) in [6, 6.07) is 5.21. The van der Waals surface area contributed by atoms with E-state index in [9.17, 15) is 9.90 Å². The maximum Gasteiger partial charge on any atom is 0.339 e. The van der Waals surface area contributed by atoms with Gasteiger partial charge in [0, 0.05) is 18.7 Å². The lowest BCUT2D eigenvalue weighted by molar-refractivity contribution is 0.0697. The van der Waals surface area contributed by atoms with Crippen LogP contribution in [0.2, 0.25) is 0 Å². The molecule has 0 fully saturated rings. The highest BCUT2D eigenvalue weighted by Gasteiger charge is 2.18. The van der Waals surface area contributed by atoms with Crippen molar-refractivity contribution in [3.8, 4) is 22.8 Å². The third-order valence-electron chi connectivity index (χ3n) is 2.79. The lowest BCUT2D eigenvalue weighted by Crippen LogP contribution is -2.01. The molecule has 1 aromatic heterocycles. The average molecular weight is 262 g/mol. The second-order valence-corrected chi connectivity index (χ2v) is 3.94. The van der Waals surface area contributed by atoms with Crippen LogP contribution in [-0.4, -0.2) is 35.1 Å². The molecule has 2 aromatic rings. The van der Waals surface area contributed by atoms with Crippen LogP contribution in [0.4, 0.5) is 0 Å². The Morgan fingerprint density at radius 3 is 2.26 bits per heavy atom. The summed E-state index contributed by atoms with van der Waals surface area (Å²) in [6.07, 6.45) is 1.32. The number of ether oxygens (including phenoxy) is 2. The minimum Gasteiger partial charge on any atom is -0.497 e. The first-order chi connectivity index (χ1) is 9.06. The van der Waals surface area contributed by atoms with Crippen molar-refractivity contribution >= 4 is 5.97 Å². The van der Waals surface area contributed by atoms with E-state index >= 15 is 0 Å². The molecule has 2 rings (SSSR count). The molecule has 0 aliphatic heterocycles. The Balaban J connectivity index is 2.64. The van der Waals surface area contributed by atoms with Gasteiger partial charge in [0.15, 0.2) is 0 Å². The second kappa shape index (κ2) is 5.01. The van der Waals surface area contributed by atoms with Gasteiger partial charge in [-0.05, 0) is 12.1 Å². The van der Waals surface area contributed by atoms with Gasteiger partial charge in [-0.1, -0.05) is 0 Å². The zero-order chi connectivity index (χ0) is 14.0. The molecule has 1 N–H and O–H groups in total. The molecule has 0 aliphatic carbocycles. The first-order valence-corrected chi connectivity index (χ1v) is 5.55. The molecule has 0 saturated carbocycles. The smallest absolute Gasteiger partial charge is 0.339 e. The molecule has 0 bridgehead atoms. The first kappa shape index (κ1) is 12.9. The Kier molecular flexibility index (Phi) is 3.41. The van der Waals surface area contributed by atoms with Gasteiger partial charge in [-0.2, -0.15) is 5.10 Å². The Hall–Kier alpha value is -2.50. The van der Waals surface area contributed by atoms with Crippen LogP contribution in [0.1, 0.15) is 10.4 Å². The number of rotatable bonds is 4. The van der Waals surface area contributed by atoms with E-state index in [-0.39, 0.29) is 5.56 Å². The van der Waals surface area contributed by atoms with Crippen LogP contribution in [0.5, 0.6) is 11.5 Å². The number of methoxy groups -OCH3 is 2. The van der Waals surface area contributed by atoms with Crippen molar-refractivity contribution in [2.45, 2.75) is 0 Å². The van der Waals surface area contributed by atoms with Crippen LogP contribution in [0, 0.1) is 0 Å². The van der Waals surface area contributed by atoms with Crippen molar-refractivity contribution in [3.05, 3.63) is 30.0 Å². The van der Waals surface area contributed by atoms with E-state index in [1.54, 1.807) is 39.5 Å². The summed E-state index contributed by atoms with van der Waals surface area (Å²) < 4.78 is 11.9. The number of carboxylic acid groups (broad SMARTS) is 1.